The number of aromatic nitrogens is 2. The molecule has 0 atom stereocenters. The zero-order chi connectivity index (χ0) is 20.5. The maximum atomic E-state index is 12.7. The number of hydrogen-bond donors (Lipinski definition) is 0. The fraction of sp³-hybridized carbons (Fsp3) is 0.500. The first-order chi connectivity index (χ1) is 14.0. The molecule has 1 aliphatic carbocycles. The van der Waals surface area contributed by atoms with Crippen LogP contribution in [0.3, 0.4) is 0 Å². The van der Waals surface area contributed by atoms with E-state index in [0.29, 0.717) is 16.6 Å². The Morgan fingerprint density at radius 3 is 2.62 bits per heavy atom. The van der Waals surface area contributed by atoms with Gasteiger partial charge in [0.15, 0.2) is 0 Å². The van der Waals surface area contributed by atoms with E-state index < -0.39 is 0 Å². The van der Waals surface area contributed by atoms with Crippen molar-refractivity contribution in [2.75, 3.05) is 20.2 Å². The Morgan fingerprint density at radius 2 is 1.97 bits per heavy atom. The summed E-state index contributed by atoms with van der Waals surface area (Å²) in [5.41, 5.74) is 3.15. The van der Waals surface area contributed by atoms with E-state index in [-0.39, 0.29) is 11.6 Å². The minimum absolute atomic E-state index is 0.0482. The van der Waals surface area contributed by atoms with Crippen LogP contribution in [0.4, 0.5) is 0 Å². The first-order valence-corrected chi connectivity index (χ1v) is 11.0. The molecule has 0 saturated heterocycles. The lowest BCUT2D eigenvalue weighted by molar-refractivity contribution is 0.278. The van der Waals surface area contributed by atoms with E-state index >= 15 is 0 Å². The van der Waals surface area contributed by atoms with Gasteiger partial charge in [0.05, 0.1) is 18.8 Å². The highest BCUT2D eigenvalue weighted by atomic mass is 35.5. The average Bonchev–Trinajstić information content (AvgIpc) is 3.32. The number of nitrogens with zero attached hydrogens (tertiary/aromatic N) is 3. The molecule has 4 rings (SSSR count). The van der Waals surface area contributed by atoms with Crippen LogP contribution in [0, 0.1) is 0 Å². The van der Waals surface area contributed by atoms with Gasteiger partial charge in [0.2, 0.25) is 0 Å². The van der Waals surface area contributed by atoms with Gasteiger partial charge in [-0.15, -0.1) is 0 Å². The fourth-order valence-corrected chi connectivity index (χ4v) is 5.05. The summed E-state index contributed by atoms with van der Waals surface area (Å²) < 4.78 is 9.35. The molecular formula is C22H27Cl2N3O2. The van der Waals surface area contributed by atoms with Gasteiger partial charge in [0, 0.05) is 37.3 Å². The van der Waals surface area contributed by atoms with E-state index in [2.05, 4.69) is 11.0 Å². The average molecular weight is 436 g/mol. The molecule has 0 unspecified atom stereocenters. The van der Waals surface area contributed by atoms with Crippen molar-refractivity contribution >= 4 is 28.8 Å². The molecule has 29 heavy (non-hydrogen) atoms. The second-order valence-electron chi connectivity index (χ2n) is 7.93. The molecule has 0 N–H and O–H groups in total. The Kier molecular flexibility index (Phi) is 6.09. The zero-order valence-corrected chi connectivity index (χ0v) is 18.5. The third-order valence-electron chi connectivity index (χ3n) is 6.21. The van der Waals surface area contributed by atoms with Gasteiger partial charge in [-0.3, -0.25) is 14.4 Å². The third-order valence-corrected chi connectivity index (χ3v) is 6.82. The van der Waals surface area contributed by atoms with Gasteiger partial charge in [-0.25, -0.2) is 4.68 Å². The quantitative estimate of drug-likeness (QED) is 0.669. The van der Waals surface area contributed by atoms with Crippen molar-refractivity contribution in [3.05, 3.63) is 55.9 Å². The van der Waals surface area contributed by atoms with Crippen molar-refractivity contribution < 1.29 is 4.74 Å². The van der Waals surface area contributed by atoms with Gasteiger partial charge in [-0.2, -0.15) is 0 Å². The van der Waals surface area contributed by atoms with Gasteiger partial charge in [-0.05, 0) is 43.0 Å². The van der Waals surface area contributed by atoms with Gasteiger partial charge in [-0.1, -0.05) is 42.1 Å². The number of methoxy groups -OCH3 is 1. The maximum absolute atomic E-state index is 12.7. The standard InChI is InChI=1S/C22H27Cl2N3O2/c1-25-19(21(24)22(28)27(25)17-5-3-4-6-17)14-26-11-9-15(10-12-26)18-13-16(23)7-8-20(18)29-2/h7-9,13,17H,3-6,10-12,14H2,1-2H3. The lowest BCUT2D eigenvalue weighted by Gasteiger charge is -2.27. The molecule has 0 radical (unpaired) electrons. The number of benzene rings is 1. The van der Waals surface area contributed by atoms with Gasteiger partial charge in [0.25, 0.3) is 5.56 Å². The van der Waals surface area contributed by atoms with Crippen LogP contribution >= 0.6 is 23.2 Å². The molecule has 2 heterocycles. The second kappa shape index (κ2) is 8.58. The lowest BCUT2D eigenvalue weighted by Crippen LogP contribution is -2.30. The Hall–Kier alpha value is -1.69. The monoisotopic (exact) mass is 435 g/mol. The molecule has 1 aromatic carbocycles. The molecule has 2 aromatic rings. The van der Waals surface area contributed by atoms with Crippen molar-refractivity contribution in [3.8, 4) is 5.75 Å². The summed E-state index contributed by atoms with van der Waals surface area (Å²) in [4.78, 5) is 15.1. The molecule has 1 aliphatic heterocycles. The van der Waals surface area contributed by atoms with E-state index in [4.69, 9.17) is 27.9 Å². The maximum Gasteiger partial charge on any atom is 0.286 e. The lowest BCUT2D eigenvalue weighted by atomic mass is 9.98. The summed E-state index contributed by atoms with van der Waals surface area (Å²) in [6.45, 7) is 2.35. The van der Waals surface area contributed by atoms with E-state index in [1.54, 1.807) is 7.11 Å². The summed E-state index contributed by atoms with van der Waals surface area (Å²) in [5, 5.41) is 1.07. The van der Waals surface area contributed by atoms with Crippen molar-refractivity contribution in [2.45, 2.75) is 44.7 Å². The molecule has 1 saturated carbocycles. The first kappa shape index (κ1) is 20.6. The number of halogens is 2. The predicted octanol–water partition coefficient (Wildman–Crippen LogP) is 4.91. The molecule has 0 spiro atoms. The molecule has 0 amide bonds. The van der Waals surface area contributed by atoms with Crippen molar-refractivity contribution in [1.29, 1.82) is 0 Å². The minimum atomic E-state index is -0.0482. The normalized spacial score (nSPS) is 18.3. The molecule has 7 heteroatoms. The SMILES string of the molecule is COc1ccc(Cl)cc1C1=CCN(Cc2c(Cl)c(=O)n(C3CCCC3)n2C)CC1. The smallest absolute Gasteiger partial charge is 0.286 e. The molecule has 0 bridgehead atoms. The van der Waals surface area contributed by atoms with E-state index in [1.807, 2.05) is 34.6 Å². The third kappa shape index (κ3) is 4.00. The van der Waals surface area contributed by atoms with Crippen molar-refractivity contribution in [3.63, 3.8) is 0 Å². The second-order valence-corrected chi connectivity index (χ2v) is 8.75. The number of rotatable bonds is 5. The van der Waals surface area contributed by atoms with Gasteiger partial charge < -0.3 is 4.74 Å². The summed E-state index contributed by atoms with van der Waals surface area (Å²) in [5.74, 6) is 0.841. The molecule has 156 valence electrons. The van der Waals surface area contributed by atoms with Crippen LogP contribution in [0.25, 0.3) is 5.57 Å². The van der Waals surface area contributed by atoms with Crippen LogP contribution in [0.5, 0.6) is 5.75 Å². The molecule has 5 nitrogen and oxygen atoms in total. The summed E-state index contributed by atoms with van der Waals surface area (Å²) in [6, 6.07) is 6.00. The molecule has 1 fully saturated rings. The Balaban J connectivity index is 1.53. The zero-order valence-electron chi connectivity index (χ0n) is 17.0. The van der Waals surface area contributed by atoms with E-state index in [9.17, 15) is 4.79 Å². The minimum Gasteiger partial charge on any atom is -0.496 e. The predicted molar refractivity (Wildman–Crippen MR) is 118 cm³/mol. The van der Waals surface area contributed by atoms with Crippen LogP contribution in [0.1, 0.15) is 49.4 Å². The number of hydrogen-bond acceptors (Lipinski definition) is 3. The van der Waals surface area contributed by atoms with Crippen LogP contribution < -0.4 is 10.3 Å². The van der Waals surface area contributed by atoms with E-state index in [0.717, 1.165) is 49.4 Å². The van der Waals surface area contributed by atoms with Gasteiger partial charge >= 0.3 is 0 Å². The highest BCUT2D eigenvalue weighted by molar-refractivity contribution is 6.31. The summed E-state index contributed by atoms with van der Waals surface area (Å²) in [6.07, 6.45) is 7.60. The Labute approximate surface area is 181 Å². The largest absolute Gasteiger partial charge is 0.496 e. The Bertz CT molecular complexity index is 987. The van der Waals surface area contributed by atoms with Crippen LogP contribution in [0.15, 0.2) is 29.1 Å². The highest BCUT2D eigenvalue weighted by Gasteiger charge is 2.26. The fourth-order valence-electron chi connectivity index (χ4n) is 4.61. The van der Waals surface area contributed by atoms with Gasteiger partial charge in [0.1, 0.15) is 10.8 Å². The highest BCUT2D eigenvalue weighted by Crippen LogP contribution is 2.33. The summed E-state index contributed by atoms with van der Waals surface area (Å²) in [7, 11) is 3.64. The van der Waals surface area contributed by atoms with Crippen LogP contribution in [-0.4, -0.2) is 34.5 Å². The number of ether oxygens (including phenoxy) is 1. The van der Waals surface area contributed by atoms with Crippen molar-refractivity contribution in [1.82, 2.24) is 14.3 Å². The van der Waals surface area contributed by atoms with E-state index in [1.165, 1.54) is 18.4 Å². The molecule has 2 aliphatic rings. The topological polar surface area (TPSA) is 39.4 Å². The summed E-state index contributed by atoms with van der Waals surface area (Å²) >= 11 is 12.7. The first-order valence-electron chi connectivity index (χ1n) is 10.2. The molecule has 1 aromatic heterocycles. The van der Waals surface area contributed by atoms with Crippen molar-refractivity contribution in [2.24, 2.45) is 7.05 Å². The van der Waals surface area contributed by atoms with Crippen LogP contribution in [-0.2, 0) is 13.6 Å². The van der Waals surface area contributed by atoms with Crippen LogP contribution in [0.2, 0.25) is 10.0 Å². The Morgan fingerprint density at radius 1 is 1.21 bits per heavy atom. The molecular weight excluding hydrogens is 409 g/mol.